The molecule has 1 aromatic heterocycles. The average molecular weight is 389 g/mol. The lowest BCUT2D eigenvalue weighted by Crippen LogP contribution is -2.16. The number of hydrogen-bond donors (Lipinski definition) is 1. The van der Waals surface area contributed by atoms with E-state index in [1.807, 2.05) is 0 Å². The van der Waals surface area contributed by atoms with E-state index in [2.05, 4.69) is 10.5 Å². The van der Waals surface area contributed by atoms with Gasteiger partial charge in [0.15, 0.2) is 0 Å². The van der Waals surface area contributed by atoms with Crippen molar-refractivity contribution in [2.24, 2.45) is 0 Å². The molecular weight excluding hydrogens is 375 g/mol. The molecule has 3 rings (SSSR count). The smallest absolute Gasteiger partial charge is 0.339 e. The van der Waals surface area contributed by atoms with Crippen LogP contribution < -0.4 is 5.32 Å². The number of rotatable bonds is 4. The number of benzene rings is 2. The van der Waals surface area contributed by atoms with Gasteiger partial charge in [-0.3, -0.25) is 4.79 Å². The number of ether oxygens (including phenoxy) is 1. The third-order valence-corrected chi connectivity index (χ3v) is 4.18. The highest BCUT2D eigenvalue weighted by atomic mass is 35.5. The maximum Gasteiger partial charge on any atom is 0.339 e. The Morgan fingerprint density at radius 3 is 2.63 bits per heavy atom. The van der Waals surface area contributed by atoms with E-state index in [-0.39, 0.29) is 38.9 Å². The van der Waals surface area contributed by atoms with Crippen LogP contribution in [0.3, 0.4) is 0 Å². The lowest BCUT2D eigenvalue weighted by Gasteiger charge is -2.10. The van der Waals surface area contributed by atoms with Gasteiger partial charge in [0, 0.05) is 0 Å². The molecule has 0 aliphatic heterocycles. The van der Waals surface area contributed by atoms with Crippen LogP contribution in [0.2, 0.25) is 5.02 Å². The first kappa shape index (κ1) is 18.6. The minimum absolute atomic E-state index is 0.0154. The summed E-state index contributed by atoms with van der Waals surface area (Å²) in [5, 5.41) is 6.50. The molecule has 1 amide bonds. The summed E-state index contributed by atoms with van der Waals surface area (Å²) in [4.78, 5) is 24.7. The molecular formula is C19H14ClFN2O4. The molecule has 2 aromatic carbocycles. The molecule has 0 fully saturated rings. The molecule has 1 heterocycles. The minimum atomic E-state index is -0.639. The fraction of sp³-hybridized carbons (Fsp3) is 0.105. The van der Waals surface area contributed by atoms with Crippen molar-refractivity contribution >= 4 is 29.2 Å². The van der Waals surface area contributed by atoms with Gasteiger partial charge in [-0.15, -0.1) is 0 Å². The molecule has 1 N–H and O–H groups in total. The van der Waals surface area contributed by atoms with Crippen LogP contribution in [-0.4, -0.2) is 24.1 Å². The van der Waals surface area contributed by atoms with Crippen LogP contribution in [0.4, 0.5) is 10.1 Å². The number of aromatic nitrogens is 1. The number of esters is 1. The molecule has 0 saturated heterocycles. The summed E-state index contributed by atoms with van der Waals surface area (Å²) in [6.45, 7) is 1.52. The number of amides is 1. The Labute approximate surface area is 158 Å². The van der Waals surface area contributed by atoms with Crippen molar-refractivity contribution in [1.82, 2.24) is 5.16 Å². The number of halogens is 2. The number of nitrogens with zero attached hydrogens (tertiary/aromatic N) is 1. The van der Waals surface area contributed by atoms with E-state index in [0.29, 0.717) is 0 Å². The fourth-order valence-electron chi connectivity index (χ4n) is 2.60. The number of carbonyl (C=O) groups excluding carboxylic acids is 2. The number of carbonyl (C=O) groups is 2. The molecule has 8 heteroatoms. The van der Waals surface area contributed by atoms with Crippen molar-refractivity contribution in [2.45, 2.75) is 6.92 Å². The summed E-state index contributed by atoms with van der Waals surface area (Å²) in [5.41, 5.74) is 0.362. The topological polar surface area (TPSA) is 81.4 Å². The molecule has 3 aromatic rings. The molecule has 138 valence electrons. The van der Waals surface area contributed by atoms with E-state index in [1.54, 1.807) is 18.2 Å². The molecule has 0 spiro atoms. The first-order valence-electron chi connectivity index (χ1n) is 7.83. The monoisotopic (exact) mass is 388 g/mol. The summed E-state index contributed by atoms with van der Waals surface area (Å²) in [6.07, 6.45) is 0. The highest BCUT2D eigenvalue weighted by Gasteiger charge is 2.26. The molecule has 0 saturated carbocycles. The predicted molar refractivity (Wildman–Crippen MR) is 97.4 cm³/mol. The van der Waals surface area contributed by atoms with Gasteiger partial charge >= 0.3 is 5.97 Å². The zero-order valence-corrected chi connectivity index (χ0v) is 15.1. The third kappa shape index (κ3) is 3.54. The Balaban J connectivity index is 2.03. The predicted octanol–water partition coefficient (Wildman–Crippen LogP) is 4.48. The van der Waals surface area contributed by atoms with Gasteiger partial charge in [0.05, 0.1) is 28.9 Å². The SMILES string of the molecule is COC(=O)c1ccccc1NC(=O)c1c(-c2c(F)cccc2Cl)noc1C. The lowest BCUT2D eigenvalue weighted by atomic mass is 10.0. The Hall–Kier alpha value is -3.19. The zero-order valence-electron chi connectivity index (χ0n) is 14.4. The molecule has 6 nitrogen and oxygen atoms in total. The quantitative estimate of drug-likeness (QED) is 0.666. The summed E-state index contributed by atoms with van der Waals surface area (Å²) in [5.74, 6) is -1.69. The highest BCUT2D eigenvalue weighted by molar-refractivity contribution is 6.33. The maximum atomic E-state index is 14.3. The van der Waals surface area contributed by atoms with Crippen molar-refractivity contribution in [3.63, 3.8) is 0 Å². The second kappa shape index (κ2) is 7.59. The molecule has 27 heavy (non-hydrogen) atoms. The van der Waals surface area contributed by atoms with Gasteiger partial charge in [-0.2, -0.15) is 0 Å². The molecule has 0 aliphatic rings. The van der Waals surface area contributed by atoms with E-state index >= 15 is 0 Å². The summed E-state index contributed by atoms with van der Waals surface area (Å²) in [6, 6.07) is 10.5. The largest absolute Gasteiger partial charge is 0.465 e. The van der Waals surface area contributed by atoms with E-state index in [1.165, 1.54) is 38.3 Å². The molecule has 0 aliphatic carbocycles. The van der Waals surface area contributed by atoms with Crippen LogP contribution in [0.1, 0.15) is 26.5 Å². The number of anilines is 1. The third-order valence-electron chi connectivity index (χ3n) is 3.87. The second-order valence-electron chi connectivity index (χ2n) is 5.55. The van der Waals surface area contributed by atoms with Gasteiger partial charge in [-0.05, 0) is 31.2 Å². The standard InChI is InChI=1S/C19H14ClFN2O4/c1-10-15(17(23-27-10)16-12(20)7-5-8-13(16)21)18(24)22-14-9-4-3-6-11(14)19(25)26-2/h3-9H,1-2H3,(H,22,24). The van der Waals surface area contributed by atoms with Gasteiger partial charge in [-0.25, -0.2) is 9.18 Å². The van der Waals surface area contributed by atoms with Gasteiger partial charge < -0.3 is 14.6 Å². The number of nitrogens with one attached hydrogen (secondary N) is 1. The Morgan fingerprint density at radius 1 is 1.19 bits per heavy atom. The van der Waals surface area contributed by atoms with Gasteiger partial charge in [0.2, 0.25) is 0 Å². The van der Waals surface area contributed by atoms with Crippen molar-refractivity contribution in [3.05, 3.63) is 70.2 Å². The van der Waals surface area contributed by atoms with Crippen LogP contribution in [0.5, 0.6) is 0 Å². The average Bonchev–Trinajstić information content (AvgIpc) is 3.02. The first-order chi connectivity index (χ1) is 12.9. The zero-order chi connectivity index (χ0) is 19.6. The minimum Gasteiger partial charge on any atom is -0.465 e. The summed E-state index contributed by atoms with van der Waals surface area (Å²) in [7, 11) is 1.24. The van der Waals surface area contributed by atoms with E-state index < -0.39 is 17.7 Å². The summed E-state index contributed by atoms with van der Waals surface area (Å²) >= 11 is 6.08. The van der Waals surface area contributed by atoms with Crippen molar-refractivity contribution < 1.29 is 23.2 Å². The van der Waals surface area contributed by atoms with Crippen molar-refractivity contribution in [2.75, 3.05) is 12.4 Å². The van der Waals surface area contributed by atoms with Crippen LogP contribution in [0.25, 0.3) is 11.3 Å². The lowest BCUT2D eigenvalue weighted by molar-refractivity contribution is 0.0602. The number of hydrogen-bond acceptors (Lipinski definition) is 5. The molecule has 0 radical (unpaired) electrons. The van der Waals surface area contributed by atoms with Crippen molar-refractivity contribution in [3.8, 4) is 11.3 Å². The highest BCUT2D eigenvalue weighted by Crippen LogP contribution is 2.34. The number of aryl methyl sites for hydroxylation is 1. The fourth-order valence-corrected chi connectivity index (χ4v) is 2.85. The number of methoxy groups -OCH3 is 1. The molecule has 0 atom stereocenters. The van der Waals surface area contributed by atoms with Gasteiger partial charge in [-0.1, -0.05) is 35.0 Å². The Kier molecular flexibility index (Phi) is 5.23. The van der Waals surface area contributed by atoms with Crippen LogP contribution in [0.15, 0.2) is 47.0 Å². The van der Waals surface area contributed by atoms with Gasteiger partial charge in [0.1, 0.15) is 22.8 Å². The number of para-hydroxylation sites is 1. The first-order valence-corrected chi connectivity index (χ1v) is 8.21. The summed E-state index contributed by atoms with van der Waals surface area (Å²) < 4.78 is 24.1. The van der Waals surface area contributed by atoms with Crippen LogP contribution in [-0.2, 0) is 4.74 Å². The van der Waals surface area contributed by atoms with E-state index in [9.17, 15) is 14.0 Å². The van der Waals surface area contributed by atoms with Crippen LogP contribution >= 0.6 is 11.6 Å². The maximum absolute atomic E-state index is 14.3. The van der Waals surface area contributed by atoms with Crippen molar-refractivity contribution in [1.29, 1.82) is 0 Å². The molecule has 0 unspecified atom stereocenters. The Morgan fingerprint density at radius 2 is 1.93 bits per heavy atom. The normalized spacial score (nSPS) is 10.5. The molecule has 0 bridgehead atoms. The van der Waals surface area contributed by atoms with E-state index in [0.717, 1.165) is 0 Å². The second-order valence-corrected chi connectivity index (χ2v) is 5.96. The van der Waals surface area contributed by atoms with E-state index in [4.69, 9.17) is 20.9 Å². The Bertz CT molecular complexity index is 1010. The van der Waals surface area contributed by atoms with Crippen LogP contribution in [0, 0.1) is 12.7 Å². The van der Waals surface area contributed by atoms with Gasteiger partial charge in [0.25, 0.3) is 5.91 Å².